The summed E-state index contributed by atoms with van der Waals surface area (Å²) in [4.78, 5) is 4.78. The van der Waals surface area contributed by atoms with Crippen molar-refractivity contribution in [2.45, 2.75) is 26.0 Å². The molecule has 1 aromatic carbocycles. The molecule has 0 atom stereocenters. The summed E-state index contributed by atoms with van der Waals surface area (Å²) in [6.45, 7) is 9.63. The summed E-state index contributed by atoms with van der Waals surface area (Å²) in [5, 5.41) is 10.6. The van der Waals surface area contributed by atoms with Crippen LogP contribution in [0.5, 0.6) is 0 Å². The van der Waals surface area contributed by atoms with E-state index in [0.29, 0.717) is 0 Å². The molecule has 1 N–H and O–H groups in total. The lowest BCUT2D eigenvalue weighted by Crippen LogP contribution is -2.50. The van der Waals surface area contributed by atoms with Gasteiger partial charge in [-0.1, -0.05) is 23.7 Å². The van der Waals surface area contributed by atoms with Crippen LogP contribution in [-0.4, -0.2) is 53.2 Å². The summed E-state index contributed by atoms with van der Waals surface area (Å²) < 4.78 is 0. The molecular formula is C15H23ClN2O. The molecule has 1 aromatic rings. The zero-order valence-corrected chi connectivity index (χ0v) is 12.5. The number of rotatable bonds is 4. The van der Waals surface area contributed by atoms with Gasteiger partial charge in [0.2, 0.25) is 0 Å². The average Bonchev–Trinajstić information content (AvgIpc) is 2.33. The summed E-state index contributed by atoms with van der Waals surface area (Å²) in [7, 11) is 0. The lowest BCUT2D eigenvalue weighted by atomic mass is 10.1. The van der Waals surface area contributed by atoms with E-state index in [2.05, 4.69) is 21.9 Å². The van der Waals surface area contributed by atoms with Gasteiger partial charge in [0, 0.05) is 44.3 Å². The van der Waals surface area contributed by atoms with Crippen LogP contribution in [0.1, 0.15) is 19.4 Å². The third-order valence-corrected chi connectivity index (χ3v) is 3.65. The van der Waals surface area contributed by atoms with Crippen LogP contribution in [0.4, 0.5) is 0 Å². The highest BCUT2D eigenvalue weighted by Crippen LogP contribution is 2.14. The molecule has 1 fully saturated rings. The topological polar surface area (TPSA) is 26.7 Å². The van der Waals surface area contributed by atoms with Gasteiger partial charge in [-0.2, -0.15) is 0 Å². The molecule has 19 heavy (non-hydrogen) atoms. The number of halogens is 1. The Morgan fingerprint density at radius 3 is 2.11 bits per heavy atom. The Morgan fingerprint density at radius 2 is 1.58 bits per heavy atom. The fourth-order valence-corrected chi connectivity index (χ4v) is 2.63. The highest BCUT2D eigenvalue weighted by Gasteiger charge is 2.22. The average molecular weight is 283 g/mol. The zero-order valence-electron chi connectivity index (χ0n) is 11.8. The molecule has 0 saturated carbocycles. The molecule has 1 aliphatic heterocycles. The second-order valence-electron chi connectivity index (χ2n) is 5.99. The van der Waals surface area contributed by atoms with Gasteiger partial charge in [-0.05, 0) is 31.5 Å². The van der Waals surface area contributed by atoms with Gasteiger partial charge >= 0.3 is 0 Å². The van der Waals surface area contributed by atoms with Crippen molar-refractivity contribution in [3.63, 3.8) is 0 Å². The molecule has 0 radical (unpaired) electrons. The lowest BCUT2D eigenvalue weighted by Gasteiger charge is -2.37. The molecule has 3 nitrogen and oxygen atoms in total. The molecule has 1 heterocycles. The van der Waals surface area contributed by atoms with Crippen LogP contribution in [0.15, 0.2) is 24.3 Å². The molecule has 0 spiro atoms. The SMILES string of the molecule is CC(C)(O)CN1CCN(Cc2ccc(Cl)cc2)CC1. The predicted octanol–water partition coefficient (Wildman–Crippen LogP) is 2.23. The number of piperazine rings is 1. The van der Waals surface area contributed by atoms with Gasteiger partial charge in [0.05, 0.1) is 5.60 Å². The van der Waals surface area contributed by atoms with Crippen molar-refractivity contribution < 1.29 is 5.11 Å². The molecular weight excluding hydrogens is 260 g/mol. The minimum atomic E-state index is -0.599. The fraction of sp³-hybridized carbons (Fsp3) is 0.600. The van der Waals surface area contributed by atoms with Gasteiger partial charge in [0.25, 0.3) is 0 Å². The highest BCUT2D eigenvalue weighted by molar-refractivity contribution is 6.30. The first kappa shape index (κ1) is 14.8. The van der Waals surface area contributed by atoms with Gasteiger partial charge in [-0.15, -0.1) is 0 Å². The Balaban J connectivity index is 1.79. The normalized spacial score (nSPS) is 18.7. The summed E-state index contributed by atoms with van der Waals surface area (Å²) in [6, 6.07) is 8.07. The van der Waals surface area contributed by atoms with E-state index < -0.39 is 5.60 Å². The monoisotopic (exact) mass is 282 g/mol. The maximum atomic E-state index is 9.83. The van der Waals surface area contributed by atoms with Crippen molar-refractivity contribution in [3.8, 4) is 0 Å². The van der Waals surface area contributed by atoms with Crippen LogP contribution in [0.3, 0.4) is 0 Å². The van der Waals surface area contributed by atoms with Gasteiger partial charge < -0.3 is 5.11 Å². The van der Waals surface area contributed by atoms with Crippen molar-refractivity contribution in [3.05, 3.63) is 34.9 Å². The number of hydrogen-bond donors (Lipinski definition) is 1. The maximum Gasteiger partial charge on any atom is 0.0718 e. The van der Waals surface area contributed by atoms with E-state index in [1.54, 1.807) is 0 Å². The van der Waals surface area contributed by atoms with Gasteiger partial charge in [-0.3, -0.25) is 9.80 Å². The van der Waals surface area contributed by atoms with Crippen LogP contribution in [0.25, 0.3) is 0 Å². The van der Waals surface area contributed by atoms with E-state index in [1.807, 2.05) is 26.0 Å². The second kappa shape index (κ2) is 6.23. The lowest BCUT2D eigenvalue weighted by molar-refractivity contribution is 0.0167. The minimum Gasteiger partial charge on any atom is -0.389 e. The van der Waals surface area contributed by atoms with E-state index >= 15 is 0 Å². The predicted molar refractivity (Wildman–Crippen MR) is 79.5 cm³/mol. The number of benzene rings is 1. The molecule has 0 unspecified atom stereocenters. The molecule has 1 aliphatic rings. The molecule has 2 rings (SSSR count). The third kappa shape index (κ3) is 5.11. The second-order valence-corrected chi connectivity index (χ2v) is 6.43. The molecule has 0 aromatic heterocycles. The third-order valence-electron chi connectivity index (χ3n) is 3.39. The molecule has 4 heteroatoms. The van der Waals surface area contributed by atoms with Crippen molar-refractivity contribution >= 4 is 11.6 Å². The van der Waals surface area contributed by atoms with Crippen LogP contribution in [-0.2, 0) is 6.54 Å². The van der Waals surface area contributed by atoms with Crippen molar-refractivity contribution in [2.75, 3.05) is 32.7 Å². The van der Waals surface area contributed by atoms with E-state index in [4.69, 9.17) is 11.6 Å². The first-order valence-corrected chi connectivity index (χ1v) is 7.22. The Morgan fingerprint density at radius 1 is 1.05 bits per heavy atom. The van der Waals surface area contributed by atoms with Crippen LogP contribution < -0.4 is 0 Å². The zero-order chi connectivity index (χ0) is 13.9. The van der Waals surface area contributed by atoms with Crippen molar-refractivity contribution in [2.24, 2.45) is 0 Å². The minimum absolute atomic E-state index is 0.599. The van der Waals surface area contributed by atoms with Crippen molar-refractivity contribution in [1.29, 1.82) is 0 Å². The molecule has 106 valence electrons. The van der Waals surface area contributed by atoms with E-state index in [-0.39, 0.29) is 0 Å². The number of aliphatic hydroxyl groups is 1. The fourth-order valence-electron chi connectivity index (χ4n) is 2.50. The van der Waals surface area contributed by atoms with Crippen molar-refractivity contribution in [1.82, 2.24) is 9.80 Å². The maximum absolute atomic E-state index is 9.83. The Bertz CT molecular complexity index is 392. The number of nitrogens with zero attached hydrogens (tertiary/aromatic N) is 2. The largest absolute Gasteiger partial charge is 0.389 e. The van der Waals surface area contributed by atoms with Crippen LogP contribution >= 0.6 is 11.6 Å². The first-order chi connectivity index (χ1) is 8.92. The number of β-amino-alcohol motifs (C(OH)–C–C–N with tert-alkyl or cyclic N) is 1. The molecule has 0 bridgehead atoms. The Kier molecular flexibility index (Phi) is 4.85. The van der Waals surface area contributed by atoms with E-state index in [9.17, 15) is 5.11 Å². The smallest absolute Gasteiger partial charge is 0.0718 e. The first-order valence-electron chi connectivity index (χ1n) is 6.84. The summed E-state index contributed by atoms with van der Waals surface area (Å²) in [6.07, 6.45) is 0. The van der Waals surface area contributed by atoms with Gasteiger partial charge in [0.15, 0.2) is 0 Å². The van der Waals surface area contributed by atoms with Crippen LogP contribution in [0, 0.1) is 0 Å². The summed E-state index contributed by atoms with van der Waals surface area (Å²) in [5.41, 5.74) is 0.707. The molecule has 1 saturated heterocycles. The summed E-state index contributed by atoms with van der Waals surface area (Å²) >= 11 is 5.89. The van der Waals surface area contributed by atoms with Gasteiger partial charge in [-0.25, -0.2) is 0 Å². The highest BCUT2D eigenvalue weighted by atomic mass is 35.5. The van der Waals surface area contributed by atoms with Gasteiger partial charge in [0.1, 0.15) is 0 Å². The molecule has 0 amide bonds. The quantitative estimate of drug-likeness (QED) is 0.917. The number of hydrogen-bond acceptors (Lipinski definition) is 3. The standard InChI is InChI=1S/C15H23ClN2O/c1-15(2,19)12-18-9-7-17(8-10-18)11-13-3-5-14(16)6-4-13/h3-6,19H,7-12H2,1-2H3. The summed E-state index contributed by atoms with van der Waals surface area (Å²) in [5.74, 6) is 0. The Hall–Kier alpha value is -0.610. The Labute approximate surface area is 120 Å². The van der Waals surface area contributed by atoms with E-state index in [0.717, 1.165) is 44.3 Å². The van der Waals surface area contributed by atoms with Crippen LogP contribution in [0.2, 0.25) is 5.02 Å². The molecule has 0 aliphatic carbocycles. The van der Waals surface area contributed by atoms with E-state index in [1.165, 1.54) is 5.56 Å².